The van der Waals surface area contributed by atoms with Crippen LogP contribution < -0.4 is 5.32 Å². The lowest BCUT2D eigenvalue weighted by atomic mass is 9.78. The van der Waals surface area contributed by atoms with Gasteiger partial charge in [0.05, 0.1) is 0 Å². The van der Waals surface area contributed by atoms with Crippen LogP contribution in [0.5, 0.6) is 0 Å². The molecule has 1 spiro atoms. The Bertz CT molecular complexity index is 223. The smallest absolute Gasteiger partial charge is 0.00394 e. The zero-order valence-corrected chi connectivity index (χ0v) is 11.3. The molecular weight excluding hydrogens is 196 g/mol. The van der Waals surface area contributed by atoms with Gasteiger partial charge in [-0.2, -0.15) is 0 Å². The van der Waals surface area contributed by atoms with Crippen LogP contribution in [-0.2, 0) is 0 Å². The first-order valence-electron chi connectivity index (χ1n) is 6.92. The van der Waals surface area contributed by atoms with Gasteiger partial charge in [0.25, 0.3) is 0 Å². The maximum atomic E-state index is 3.49. The summed E-state index contributed by atoms with van der Waals surface area (Å²) in [5.74, 6) is 0. The van der Waals surface area contributed by atoms with Crippen molar-refractivity contribution in [1.29, 1.82) is 0 Å². The summed E-state index contributed by atoms with van der Waals surface area (Å²) in [5.41, 5.74) is 1.17. The van der Waals surface area contributed by atoms with E-state index in [1.165, 1.54) is 58.4 Å². The molecule has 2 aliphatic heterocycles. The van der Waals surface area contributed by atoms with Crippen molar-refractivity contribution < 1.29 is 0 Å². The summed E-state index contributed by atoms with van der Waals surface area (Å²) in [4.78, 5) is 2.70. The lowest BCUT2D eigenvalue weighted by molar-refractivity contribution is 0.186. The van der Waals surface area contributed by atoms with Crippen LogP contribution in [0.25, 0.3) is 0 Å². The highest BCUT2D eigenvalue weighted by Crippen LogP contribution is 2.38. The molecule has 2 rings (SSSR count). The van der Waals surface area contributed by atoms with E-state index in [0.29, 0.717) is 10.8 Å². The maximum absolute atomic E-state index is 3.49. The third-order valence-corrected chi connectivity index (χ3v) is 4.36. The first kappa shape index (κ1) is 12.4. The predicted molar refractivity (Wildman–Crippen MR) is 69.7 cm³/mol. The van der Waals surface area contributed by atoms with Crippen LogP contribution >= 0.6 is 0 Å². The SMILES string of the molecule is CC(C)(C)CCN1CCC2(CCNCC2)C1. The fourth-order valence-electron chi connectivity index (χ4n) is 3.08. The Morgan fingerprint density at radius 1 is 1.12 bits per heavy atom. The van der Waals surface area contributed by atoms with Gasteiger partial charge in [-0.15, -0.1) is 0 Å². The minimum absolute atomic E-state index is 0.490. The van der Waals surface area contributed by atoms with Crippen LogP contribution in [0.15, 0.2) is 0 Å². The van der Waals surface area contributed by atoms with Gasteiger partial charge >= 0.3 is 0 Å². The predicted octanol–water partition coefficient (Wildman–Crippen LogP) is 2.50. The van der Waals surface area contributed by atoms with Crippen molar-refractivity contribution in [3.63, 3.8) is 0 Å². The molecule has 2 nitrogen and oxygen atoms in total. The highest BCUT2D eigenvalue weighted by atomic mass is 15.2. The fraction of sp³-hybridized carbons (Fsp3) is 1.00. The molecule has 94 valence electrons. The molecular formula is C14H28N2. The van der Waals surface area contributed by atoms with Gasteiger partial charge in [-0.1, -0.05) is 20.8 Å². The number of rotatable bonds is 2. The van der Waals surface area contributed by atoms with Crippen LogP contribution in [0.4, 0.5) is 0 Å². The zero-order valence-electron chi connectivity index (χ0n) is 11.3. The minimum atomic E-state index is 0.490. The summed E-state index contributed by atoms with van der Waals surface area (Å²) in [7, 11) is 0. The normalized spacial score (nSPS) is 26.4. The van der Waals surface area contributed by atoms with E-state index in [0.717, 1.165) is 0 Å². The molecule has 0 radical (unpaired) electrons. The zero-order chi connectivity index (χ0) is 11.6. The molecule has 0 aromatic heterocycles. The highest BCUT2D eigenvalue weighted by Gasteiger charge is 2.38. The Kier molecular flexibility index (Phi) is 3.60. The van der Waals surface area contributed by atoms with E-state index in [-0.39, 0.29) is 0 Å². The largest absolute Gasteiger partial charge is 0.317 e. The van der Waals surface area contributed by atoms with E-state index in [1.807, 2.05) is 0 Å². The lowest BCUT2D eigenvalue weighted by Crippen LogP contribution is -2.39. The summed E-state index contributed by atoms with van der Waals surface area (Å²) >= 11 is 0. The van der Waals surface area contributed by atoms with Crippen molar-refractivity contribution in [1.82, 2.24) is 10.2 Å². The fourth-order valence-corrected chi connectivity index (χ4v) is 3.08. The number of nitrogens with zero attached hydrogens (tertiary/aromatic N) is 1. The standard InChI is InChI=1S/C14H28N2/c1-13(2,3)6-10-16-11-7-14(12-16)4-8-15-9-5-14/h15H,4-12H2,1-3H3. The van der Waals surface area contributed by atoms with Crippen molar-refractivity contribution >= 4 is 0 Å². The molecule has 16 heavy (non-hydrogen) atoms. The Hall–Kier alpha value is -0.0800. The Labute approximate surface area is 101 Å². The monoisotopic (exact) mass is 224 g/mol. The Morgan fingerprint density at radius 3 is 2.44 bits per heavy atom. The van der Waals surface area contributed by atoms with Gasteiger partial charge in [0.15, 0.2) is 0 Å². The molecule has 2 heterocycles. The van der Waals surface area contributed by atoms with Crippen molar-refractivity contribution in [2.24, 2.45) is 10.8 Å². The van der Waals surface area contributed by atoms with E-state index >= 15 is 0 Å². The molecule has 0 aromatic rings. The quantitative estimate of drug-likeness (QED) is 0.775. The molecule has 0 aromatic carbocycles. The molecule has 0 atom stereocenters. The van der Waals surface area contributed by atoms with Gasteiger partial charge in [-0.25, -0.2) is 0 Å². The number of piperidine rings is 1. The van der Waals surface area contributed by atoms with Crippen molar-refractivity contribution in [2.75, 3.05) is 32.7 Å². The maximum Gasteiger partial charge on any atom is 0.00394 e. The molecule has 0 aliphatic carbocycles. The van der Waals surface area contributed by atoms with Gasteiger partial charge < -0.3 is 10.2 Å². The molecule has 0 unspecified atom stereocenters. The lowest BCUT2D eigenvalue weighted by Gasteiger charge is -2.34. The molecule has 0 saturated carbocycles. The first-order valence-corrected chi connectivity index (χ1v) is 6.92. The molecule has 2 aliphatic rings. The second-order valence-corrected chi connectivity index (χ2v) is 7.09. The van der Waals surface area contributed by atoms with E-state index in [2.05, 4.69) is 31.0 Å². The van der Waals surface area contributed by atoms with E-state index in [4.69, 9.17) is 0 Å². The van der Waals surface area contributed by atoms with Gasteiger partial charge in [0, 0.05) is 6.54 Å². The Morgan fingerprint density at radius 2 is 1.81 bits per heavy atom. The minimum Gasteiger partial charge on any atom is -0.317 e. The first-order chi connectivity index (χ1) is 7.49. The molecule has 2 fully saturated rings. The van der Waals surface area contributed by atoms with E-state index in [1.54, 1.807) is 0 Å². The third-order valence-electron chi connectivity index (χ3n) is 4.36. The van der Waals surface area contributed by atoms with Gasteiger partial charge in [-0.05, 0) is 62.7 Å². The summed E-state index contributed by atoms with van der Waals surface area (Å²) < 4.78 is 0. The molecule has 0 amide bonds. The van der Waals surface area contributed by atoms with Crippen molar-refractivity contribution in [2.45, 2.75) is 46.5 Å². The summed E-state index contributed by atoms with van der Waals surface area (Å²) in [6, 6.07) is 0. The van der Waals surface area contributed by atoms with Gasteiger partial charge in [0.2, 0.25) is 0 Å². The van der Waals surface area contributed by atoms with Crippen LogP contribution in [0.1, 0.15) is 46.5 Å². The summed E-state index contributed by atoms with van der Waals surface area (Å²) in [5, 5.41) is 3.49. The second kappa shape index (κ2) is 4.66. The molecule has 1 N–H and O–H groups in total. The molecule has 0 bridgehead atoms. The number of hydrogen-bond acceptors (Lipinski definition) is 2. The third kappa shape index (κ3) is 3.21. The molecule has 2 saturated heterocycles. The van der Waals surface area contributed by atoms with Gasteiger partial charge in [-0.3, -0.25) is 0 Å². The van der Waals surface area contributed by atoms with Crippen molar-refractivity contribution in [3.8, 4) is 0 Å². The van der Waals surface area contributed by atoms with Crippen molar-refractivity contribution in [3.05, 3.63) is 0 Å². The second-order valence-electron chi connectivity index (χ2n) is 7.09. The van der Waals surface area contributed by atoms with Crippen LogP contribution in [0, 0.1) is 10.8 Å². The topological polar surface area (TPSA) is 15.3 Å². The average Bonchev–Trinajstić information content (AvgIpc) is 2.59. The van der Waals surface area contributed by atoms with Crippen LogP contribution in [0.2, 0.25) is 0 Å². The molecule has 2 heteroatoms. The van der Waals surface area contributed by atoms with Gasteiger partial charge in [0.1, 0.15) is 0 Å². The van der Waals surface area contributed by atoms with Crippen LogP contribution in [0.3, 0.4) is 0 Å². The Balaban J connectivity index is 1.79. The van der Waals surface area contributed by atoms with E-state index < -0.39 is 0 Å². The average molecular weight is 224 g/mol. The number of nitrogens with one attached hydrogen (secondary N) is 1. The number of hydrogen-bond donors (Lipinski definition) is 1. The van der Waals surface area contributed by atoms with E-state index in [9.17, 15) is 0 Å². The number of likely N-dealkylation sites (tertiary alicyclic amines) is 1. The summed E-state index contributed by atoms with van der Waals surface area (Å²) in [6.45, 7) is 13.6. The highest BCUT2D eigenvalue weighted by molar-refractivity contribution is 4.93. The summed E-state index contributed by atoms with van der Waals surface area (Å²) in [6.07, 6.45) is 5.58. The van der Waals surface area contributed by atoms with Crippen LogP contribution in [-0.4, -0.2) is 37.6 Å².